The topological polar surface area (TPSA) is 66.0 Å². The largest absolute Gasteiger partial charge is 0.481 e. The first kappa shape index (κ1) is 10.1. The third kappa shape index (κ3) is 3.50. The summed E-state index contributed by atoms with van der Waals surface area (Å²) in [5.74, 6) is 0.677. The second-order valence-electron chi connectivity index (χ2n) is 2.67. The minimum atomic E-state index is -0.744. The molecule has 0 aliphatic carbocycles. The van der Waals surface area contributed by atoms with E-state index in [4.69, 9.17) is 5.11 Å². The number of carbonyl (C=O) groups is 1. The molecule has 13 heavy (non-hydrogen) atoms. The Morgan fingerprint density at radius 1 is 1.77 bits per heavy atom. The molecular formula is C8H12N2O2S. The minimum absolute atomic E-state index is 0.216. The van der Waals surface area contributed by atoms with Crippen LogP contribution < -0.4 is 0 Å². The maximum absolute atomic E-state index is 10.2. The molecule has 0 aliphatic heterocycles. The second-order valence-corrected chi connectivity index (χ2v) is 3.78. The Kier molecular flexibility index (Phi) is 3.82. The van der Waals surface area contributed by atoms with E-state index < -0.39 is 5.97 Å². The fraction of sp³-hybridized carbons (Fsp3) is 0.500. The van der Waals surface area contributed by atoms with Gasteiger partial charge < -0.3 is 10.1 Å². The Morgan fingerprint density at radius 2 is 2.54 bits per heavy atom. The lowest BCUT2D eigenvalue weighted by atomic mass is 10.4. The number of nitrogens with zero attached hydrogens (tertiary/aromatic N) is 1. The highest BCUT2D eigenvalue weighted by Gasteiger charge is 2.01. The number of hydrogen-bond acceptors (Lipinski definition) is 3. The second kappa shape index (κ2) is 4.91. The van der Waals surface area contributed by atoms with Crippen molar-refractivity contribution < 1.29 is 9.90 Å². The SMILES string of the molecule is Cc1[nH]cnc1CSCCC(=O)O. The van der Waals surface area contributed by atoms with Crippen LogP contribution in [0.15, 0.2) is 6.33 Å². The minimum Gasteiger partial charge on any atom is -0.481 e. The smallest absolute Gasteiger partial charge is 0.304 e. The van der Waals surface area contributed by atoms with Crippen LogP contribution >= 0.6 is 11.8 Å². The standard InChI is InChI=1S/C8H12N2O2S/c1-6-7(10-5-9-6)4-13-3-2-8(11)12/h5H,2-4H2,1H3,(H,9,10)(H,11,12). The Bertz CT molecular complexity index is 285. The Hall–Kier alpha value is -0.970. The van der Waals surface area contributed by atoms with Crippen molar-refractivity contribution in [2.24, 2.45) is 0 Å². The Morgan fingerprint density at radius 3 is 3.08 bits per heavy atom. The fourth-order valence-corrected chi connectivity index (χ4v) is 1.81. The van der Waals surface area contributed by atoms with Crippen LogP contribution in [0.3, 0.4) is 0 Å². The van der Waals surface area contributed by atoms with Crippen molar-refractivity contribution in [1.82, 2.24) is 9.97 Å². The average molecular weight is 200 g/mol. The van der Waals surface area contributed by atoms with E-state index >= 15 is 0 Å². The summed E-state index contributed by atoms with van der Waals surface area (Å²) in [4.78, 5) is 17.3. The molecule has 72 valence electrons. The Labute approximate surface area is 80.8 Å². The third-order valence-corrected chi connectivity index (χ3v) is 2.60. The van der Waals surface area contributed by atoms with Gasteiger partial charge in [0.2, 0.25) is 0 Å². The molecule has 1 heterocycles. The molecule has 1 aromatic rings. The van der Waals surface area contributed by atoms with E-state index in [1.165, 1.54) is 0 Å². The first-order valence-electron chi connectivity index (χ1n) is 3.98. The summed E-state index contributed by atoms with van der Waals surface area (Å²) in [7, 11) is 0. The molecule has 0 amide bonds. The maximum Gasteiger partial charge on any atom is 0.304 e. The van der Waals surface area contributed by atoms with Gasteiger partial charge in [0.05, 0.1) is 18.4 Å². The number of rotatable bonds is 5. The summed E-state index contributed by atoms with van der Waals surface area (Å²) in [6.07, 6.45) is 1.87. The molecular weight excluding hydrogens is 188 g/mol. The van der Waals surface area contributed by atoms with Crippen molar-refractivity contribution in [3.63, 3.8) is 0 Å². The first-order valence-corrected chi connectivity index (χ1v) is 5.14. The number of aromatic nitrogens is 2. The lowest BCUT2D eigenvalue weighted by Gasteiger charge is -1.97. The summed E-state index contributed by atoms with van der Waals surface area (Å²) in [5.41, 5.74) is 2.07. The van der Waals surface area contributed by atoms with Crippen LogP contribution in [0.5, 0.6) is 0 Å². The normalized spacial score (nSPS) is 10.2. The van der Waals surface area contributed by atoms with E-state index in [-0.39, 0.29) is 6.42 Å². The van der Waals surface area contributed by atoms with E-state index in [9.17, 15) is 4.79 Å². The lowest BCUT2D eigenvalue weighted by Crippen LogP contribution is -1.96. The monoisotopic (exact) mass is 200 g/mol. The van der Waals surface area contributed by atoms with Gasteiger partial charge in [-0.3, -0.25) is 4.79 Å². The molecule has 0 aliphatic rings. The van der Waals surface area contributed by atoms with Gasteiger partial charge in [0.1, 0.15) is 0 Å². The number of carboxylic acids is 1. The number of aliphatic carboxylic acids is 1. The van der Waals surface area contributed by atoms with Crippen molar-refractivity contribution >= 4 is 17.7 Å². The molecule has 0 aromatic carbocycles. The first-order chi connectivity index (χ1) is 6.20. The van der Waals surface area contributed by atoms with Crippen molar-refractivity contribution in [3.8, 4) is 0 Å². The molecule has 0 spiro atoms. The van der Waals surface area contributed by atoms with Gasteiger partial charge >= 0.3 is 5.97 Å². The van der Waals surface area contributed by atoms with Gasteiger partial charge in [-0.25, -0.2) is 4.98 Å². The molecule has 1 rings (SSSR count). The molecule has 4 nitrogen and oxygen atoms in total. The van der Waals surface area contributed by atoms with E-state index in [1.807, 2.05) is 6.92 Å². The molecule has 0 saturated heterocycles. The van der Waals surface area contributed by atoms with E-state index in [0.29, 0.717) is 5.75 Å². The summed E-state index contributed by atoms with van der Waals surface area (Å²) < 4.78 is 0. The highest BCUT2D eigenvalue weighted by atomic mass is 32.2. The number of carboxylic acid groups (broad SMARTS) is 1. The van der Waals surface area contributed by atoms with Gasteiger partial charge in [0.25, 0.3) is 0 Å². The highest BCUT2D eigenvalue weighted by molar-refractivity contribution is 7.98. The van der Waals surface area contributed by atoms with Gasteiger partial charge in [-0.2, -0.15) is 11.8 Å². The number of thioether (sulfide) groups is 1. The summed E-state index contributed by atoms with van der Waals surface area (Å²) in [6.45, 7) is 1.96. The highest BCUT2D eigenvalue weighted by Crippen LogP contribution is 2.12. The zero-order valence-corrected chi connectivity index (χ0v) is 8.23. The van der Waals surface area contributed by atoms with Gasteiger partial charge in [-0.1, -0.05) is 0 Å². The molecule has 0 radical (unpaired) electrons. The maximum atomic E-state index is 10.2. The zero-order chi connectivity index (χ0) is 9.68. The van der Waals surface area contributed by atoms with E-state index in [1.54, 1.807) is 18.1 Å². The zero-order valence-electron chi connectivity index (χ0n) is 7.41. The van der Waals surface area contributed by atoms with Crippen LogP contribution in [-0.2, 0) is 10.5 Å². The van der Waals surface area contributed by atoms with Crippen molar-refractivity contribution in [1.29, 1.82) is 0 Å². The van der Waals surface area contributed by atoms with Crippen LogP contribution in [0.2, 0.25) is 0 Å². The summed E-state index contributed by atoms with van der Waals surface area (Å²) >= 11 is 1.59. The van der Waals surface area contributed by atoms with E-state index in [2.05, 4.69) is 9.97 Å². The molecule has 0 saturated carbocycles. The van der Waals surface area contributed by atoms with E-state index in [0.717, 1.165) is 17.1 Å². The number of H-pyrrole nitrogens is 1. The third-order valence-electron chi connectivity index (χ3n) is 1.63. The number of aromatic amines is 1. The van der Waals surface area contributed by atoms with Crippen LogP contribution in [0.25, 0.3) is 0 Å². The van der Waals surface area contributed by atoms with Crippen molar-refractivity contribution in [2.45, 2.75) is 19.1 Å². The number of aryl methyl sites for hydroxylation is 1. The fourth-order valence-electron chi connectivity index (χ4n) is 0.861. The lowest BCUT2D eigenvalue weighted by molar-refractivity contribution is -0.136. The predicted molar refractivity (Wildman–Crippen MR) is 51.7 cm³/mol. The number of imidazole rings is 1. The summed E-state index contributed by atoms with van der Waals surface area (Å²) in [5, 5.41) is 8.39. The number of hydrogen-bond donors (Lipinski definition) is 2. The van der Waals surface area contributed by atoms with Crippen LogP contribution in [0, 0.1) is 6.92 Å². The molecule has 2 N–H and O–H groups in total. The van der Waals surface area contributed by atoms with Gasteiger partial charge in [-0.05, 0) is 6.92 Å². The van der Waals surface area contributed by atoms with Crippen LogP contribution in [-0.4, -0.2) is 26.8 Å². The molecule has 5 heteroatoms. The molecule has 0 bridgehead atoms. The molecule has 0 atom stereocenters. The molecule has 0 unspecified atom stereocenters. The number of nitrogens with one attached hydrogen (secondary N) is 1. The van der Waals surface area contributed by atoms with Crippen molar-refractivity contribution in [3.05, 3.63) is 17.7 Å². The average Bonchev–Trinajstić information content (AvgIpc) is 2.45. The predicted octanol–water partition coefficient (Wildman–Crippen LogP) is 1.43. The van der Waals surface area contributed by atoms with Crippen LogP contribution in [0.1, 0.15) is 17.8 Å². The van der Waals surface area contributed by atoms with Gasteiger partial charge in [0.15, 0.2) is 0 Å². The van der Waals surface area contributed by atoms with Crippen molar-refractivity contribution in [2.75, 3.05) is 5.75 Å². The molecule has 1 aromatic heterocycles. The summed E-state index contributed by atoms with van der Waals surface area (Å²) in [6, 6.07) is 0. The molecule has 0 fully saturated rings. The van der Waals surface area contributed by atoms with Crippen LogP contribution in [0.4, 0.5) is 0 Å². The van der Waals surface area contributed by atoms with Gasteiger partial charge in [0, 0.05) is 17.2 Å². The quantitative estimate of drug-likeness (QED) is 0.705. The van der Waals surface area contributed by atoms with Gasteiger partial charge in [-0.15, -0.1) is 0 Å². The Balaban J connectivity index is 2.20.